The molecular weight excluding hydrogens is 184 g/mol. The van der Waals surface area contributed by atoms with Crippen LogP contribution in [0.25, 0.3) is 0 Å². The van der Waals surface area contributed by atoms with Gasteiger partial charge in [-0.05, 0) is 13.8 Å². The maximum atomic E-state index is 5.04. The Hall–Kier alpha value is -0.450. The Morgan fingerprint density at radius 3 is 2.92 bits per heavy atom. The second-order valence-corrected chi connectivity index (χ2v) is 4.04. The maximum Gasteiger partial charge on any atom is 0.109 e. The zero-order chi connectivity index (χ0) is 9.68. The van der Waals surface area contributed by atoms with E-state index in [2.05, 4.69) is 24.1 Å². The number of thiazole rings is 1. The largest absolute Gasteiger partial charge is 0.383 e. The molecule has 0 amide bonds. The van der Waals surface area contributed by atoms with Crippen LogP contribution < -0.4 is 5.32 Å². The average molecular weight is 200 g/mol. The minimum atomic E-state index is 0.310. The number of nitrogens with zero attached hydrogens (tertiary/aromatic N) is 1. The van der Waals surface area contributed by atoms with Crippen LogP contribution in [-0.4, -0.2) is 24.7 Å². The average Bonchev–Trinajstić information content (AvgIpc) is 2.55. The molecule has 1 heterocycles. The summed E-state index contributed by atoms with van der Waals surface area (Å²) < 4.78 is 5.04. The van der Waals surface area contributed by atoms with Gasteiger partial charge >= 0.3 is 0 Å². The van der Waals surface area contributed by atoms with Gasteiger partial charge in [-0.3, -0.25) is 0 Å². The van der Waals surface area contributed by atoms with Crippen molar-refractivity contribution in [1.82, 2.24) is 10.3 Å². The van der Waals surface area contributed by atoms with Crippen molar-refractivity contribution in [1.29, 1.82) is 0 Å². The van der Waals surface area contributed by atoms with Gasteiger partial charge in [-0.15, -0.1) is 11.3 Å². The van der Waals surface area contributed by atoms with Gasteiger partial charge in [0.2, 0.25) is 0 Å². The summed E-state index contributed by atoms with van der Waals surface area (Å²) in [4.78, 5) is 4.24. The molecule has 0 bridgehead atoms. The predicted molar refractivity (Wildman–Crippen MR) is 55.0 cm³/mol. The van der Waals surface area contributed by atoms with E-state index in [0.717, 1.165) is 11.6 Å². The summed E-state index contributed by atoms with van der Waals surface area (Å²) in [5.41, 5.74) is 0. The van der Waals surface area contributed by atoms with Crippen LogP contribution in [0.4, 0.5) is 0 Å². The quantitative estimate of drug-likeness (QED) is 0.787. The third kappa shape index (κ3) is 3.42. The molecule has 2 unspecified atom stereocenters. The summed E-state index contributed by atoms with van der Waals surface area (Å²) in [6, 6.07) is 0.675. The van der Waals surface area contributed by atoms with Crippen molar-refractivity contribution in [2.75, 3.05) is 13.7 Å². The number of rotatable bonds is 5. The summed E-state index contributed by atoms with van der Waals surface area (Å²) in [5.74, 6) is 0. The molecule has 0 aromatic carbocycles. The fourth-order valence-corrected chi connectivity index (χ4v) is 1.90. The van der Waals surface area contributed by atoms with Crippen LogP contribution in [0, 0.1) is 0 Å². The molecule has 0 aliphatic rings. The first kappa shape index (κ1) is 10.6. The van der Waals surface area contributed by atoms with E-state index in [9.17, 15) is 0 Å². The third-order valence-electron chi connectivity index (χ3n) is 1.77. The van der Waals surface area contributed by atoms with Crippen LogP contribution in [0.5, 0.6) is 0 Å². The minimum absolute atomic E-state index is 0.310. The van der Waals surface area contributed by atoms with E-state index in [1.165, 1.54) is 0 Å². The molecule has 1 rings (SSSR count). The predicted octanol–water partition coefficient (Wildman–Crippen LogP) is 1.83. The van der Waals surface area contributed by atoms with Crippen molar-refractivity contribution in [2.24, 2.45) is 0 Å². The second kappa shape index (κ2) is 5.32. The molecule has 0 saturated heterocycles. The van der Waals surface area contributed by atoms with Gasteiger partial charge in [0, 0.05) is 24.7 Å². The molecular formula is C9H16N2OS. The molecule has 4 heteroatoms. The summed E-state index contributed by atoms with van der Waals surface area (Å²) >= 11 is 1.68. The highest BCUT2D eigenvalue weighted by Gasteiger charge is 2.10. The van der Waals surface area contributed by atoms with E-state index in [4.69, 9.17) is 4.74 Å². The number of methoxy groups -OCH3 is 1. The fourth-order valence-electron chi connectivity index (χ4n) is 1.24. The van der Waals surface area contributed by atoms with Gasteiger partial charge < -0.3 is 10.1 Å². The summed E-state index contributed by atoms with van der Waals surface area (Å²) in [5, 5.41) is 6.53. The van der Waals surface area contributed by atoms with Gasteiger partial charge in [0.1, 0.15) is 5.01 Å². The number of hydrogen-bond acceptors (Lipinski definition) is 4. The van der Waals surface area contributed by atoms with Gasteiger partial charge in [-0.25, -0.2) is 4.98 Å². The zero-order valence-corrected chi connectivity index (χ0v) is 9.10. The van der Waals surface area contributed by atoms with Gasteiger partial charge in [-0.1, -0.05) is 0 Å². The van der Waals surface area contributed by atoms with Crippen LogP contribution in [0.3, 0.4) is 0 Å². The van der Waals surface area contributed by atoms with Gasteiger partial charge in [-0.2, -0.15) is 0 Å². The maximum absolute atomic E-state index is 5.04. The summed E-state index contributed by atoms with van der Waals surface area (Å²) in [6.07, 6.45) is 1.83. The molecule has 1 aromatic heterocycles. The Bertz CT molecular complexity index is 226. The number of nitrogens with one attached hydrogen (secondary N) is 1. The lowest BCUT2D eigenvalue weighted by Crippen LogP contribution is -2.32. The Balaban J connectivity index is 2.37. The van der Waals surface area contributed by atoms with Crippen molar-refractivity contribution in [3.8, 4) is 0 Å². The Morgan fingerprint density at radius 1 is 1.62 bits per heavy atom. The lowest BCUT2D eigenvalue weighted by atomic mass is 10.3. The molecule has 0 aliphatic heterocycles. The summed E-state index contributed by atoms with van der Waals surface area (Å²) in [6.45, 7) is 4.95. The van der Waals surface area contributed by atoms with E-state index in [-0.39, 0.29) is 0 Å². The molecule has 0 fully saturated rings. The van der Waals surface area contributed by atoms with Crippen LogP contribution in [0.2, 0.25) is 0 Å². The van der Waals surface area contributed by atoms with Crippen molar-refractivity contribution in [2.45, 2.75) is 25.9 Å². The Kier molecular flexibility index (Phi) is 4.35. The molecule has 0 radical (unpaired) electrons. The molecule has 1 N–H and O–H groups in total. The van der Waals surface area contributed by atoms with Crippen LogP contribution in [-0.2, 0) is 4.74 Å². The molecule has 0 aliphatic carbocycles. The van der Waals surface area contributed by atoms with E-state index < -0.39 is 0 Å². The fraction of sp³-hybridized carbons (Fsp3) is 0.667. The van der Waals surface area contributed by atoms with Gasteiger partial charge in [0.05, 0.1) is 12.6 Å². The van der Waals surface area contributed by atoms with Crippen molar-refractivity contribution in [3.05, 3.63) is 16.6 Å². The Labute approximate surface area is 83.1 Å². The van der Waals surface area contributed by atoms with E-state index in [1.807, 2.05) is 11.6 Å². The third-order valence-corrected chi connectivity index (χ3v) is 2.73. The van der Waals surface area contributed by atoms with Gasteiger partial charge in [0.25, 0.3) is 0 Å². The molecule has 74 valence electrons. The smallest absolute Gasteiger partial charge is 0.109 e. The zero-order valence-electron chi connectivity index (χ0n) is 8.28. The molecule has 13 heavy (non-hydrogen) atoms. The van der Waals surface area contributed by atoms with E-state index >= 15 is 0 Å². The molecule has 0 saturated carbocycles. The summed E-state index contributed by atoms with van der Waals surface area (Å²) in [7, 11) is 1.71. The van der Waals surface area contributed by atoms with Crippen molar-refractivity contribution >= 4 is 11.3 Å². The normalized spacial score (nSPS) is 15.6. The number of hydrogen-bond donors (Lipinski definition) is 1. The Morgan fingerprint density at radius 2 is 2.38 bits per heavy atom. The topological polar surface area (TPSA) is 34.1 Å². The van der Waals surface area contributed by atoms with Crippen molar-refractivity contribution < 1.29 is 4.74 Å². The molecule has 3 nitrogen and oxygen atoms in total. The lowest BCUT2D eigenvalue weighted by Gasteiger charge is -2.17. The first-order chi connectivity index (χ1) is 6.24. The highest BCUT2D eigenvalue weighted by Crippen LogP contribution is 2.14. The van der Waals surface area contributed by atoms with Crippen LogP contribution in [0.15, 0.2) is 11.6 Å². The standard InChI is InChI=1S/C9H16N2OS/c1-7(6-12-3)11-8(2)9-10-4-5-13-9/h4-5,7-8,11H,6H2,1-3H3. The first-order valence-corrected chi connectivity index (χ1v) is 5.26. The molecule has 0 spiro atoms. The SMILES string of the molecule is COCC(C)NC(C)c1nccs1. The minimum Gasteiger partial charge on any atom is -0.383 e. The molecule has 1 aromatic rings. The number of aromatic nitrogens is 1. The van der Waals surface area contributed by atoms with Crippen molar-refractivity contribution in [3.63, 3.8) is 0 Å². The van der Waals surface area contributed by atoms with E-state index in [0.29, 0.717) is 12.1 Å². The number of ether oxygens (including phenoxy) is 1. The van der Waals surface area contributed by atoms with E-state index in [1.54, 1.807) is 18.4 Å². The van der Waals surface area contributed by atoms with Crippen LogP contribution in [0.1, 0.15) is 24.9 Å². The monoisotopic (exact) mass is 200 g/mol. The first-order valence-electron chi connectivity index (χ1n) is 4.38. The lowest BCUT2D eigenvalue weighted by molar-refractivity contribution is 0.167. The highest BCUT2D eigenvalue weighted by molar-refractivity contribution is 7.09. The van der Waals surface area contributed by atoms with Crippen LogP contribution >= 0.6 is 11.3 Å². The van der Waals surface area contributed by atoms with Gasteiger partial charge in [0.15, 0.2) is 0 Å². The highest BCUT2D eigenvalue weighted by atomic mass is 32.1. The second-order valence-electron chi connectivity index (χ2n) is 3.12. The molecule has 2 atom stereocenters.